The number of aromatic nitrogens is 3. The Balaban J connectivity index is 1.03. The Morgan fingerprint density at radius 1 is 0.377 bits per heavy atom. The molecule has 0 saturated heterocycles. The Morgan fingerprint density at radius 2 is 0.943 bits per heavy atom. The van der Waals surface area contributed by atoms with Gasteiger partial charge >= 0.3 is 0 Å². The van der Waals surface area contributed by atoms with E-state index in [1.165, 1.54) is 22.3 Å². The number of rotatable bonds is 4. The summed E-state index contributed by atoms with van der Waals surface area (Å²) in [7, 11) is 0. The highest BCUT2D eigenvalue weighted by Gasteiger charge is 2.35. The molecule has 0 unspecified atom stereocenters. The molecule has 11 rings (SSSR count). The van der Waals surface area contributed by atoms with Gasteiger partial charge in [-0.3, -0.25) is 0 Å². The van der Waals surface area contributed by atoms with Crippen molar-refractivity contribution in [2.24, 2.45) is 0 Å². The molecule has 0 N–H and O–H groups in total. The van der Waals surface area contributed by atoms with Crippen molar-refractivity contribution in [3.63, 3.8) is 0 Å². The molecule has 53 heavy (non-hydrogen) atoms. The van der Waals surface area contributed by atoms with Crippen LogP contribution in [-0.4, -0.2) is 15.0 Å². The topological polar surface area (TPSA) is 65.0 Å². The third kappa shape index (κ3) is 4.54. The van der Waals surface area contributed by atoms with Crippen molar-refractivity contribution >= 4 is 43.9 Å². The summed E-state index contributed by atoms with van der Waals surface area (Å²) in [6.45, 7) is 4.58. The number of hydrogen-bond donors (Lipinski definition) is 0. The lowest BCUT2D eigenvalue weighted by atomic mass is 9.82. The Kier molecular flexibility index (Phi) is 6.23. The fraction of sp³-hybridized carbons (Fsp3) is 0.0625. The summed E-state index contributed by atoms with van der Waals surface area (Å²) in [6, 6.07) is 52.5. The van der Waals surface area contributed by atoms with Crippen LogP contribution in [0.2, 0.25) is 0 Å². The van der Waals surface area contributed by atoms with Gasteiger partial charge in [0.2, 0.25) is 0 Å². The number of fused-ring (bicyclic) bond motifs is 9. The molecule has 3 heterocycles. The molecule has 3 aromatic heterocycles. The van der Waals surface area contributed by atoms with Gasteiger partial charge in [0.1, 0.15) is 22.3 Å². The molecule has 10 aromatic rings. The first-order valence-electron chi connectivity index (χ1n) is 17.9. The minimum Gasteiger partial charge on any atom is -0.456 e. The highest BCUT2D eigenvalue weighted by Crippen LogP contribution is 2.49. The van der Waals surface area contributed by atoms with Crippen LogP contribution in [0.5, 0.6) is 0 Å². The normalized spacial score (nSPS) is 13.2. The molecule has 1 aliphatic rings. The van der Waals surface area contributed by atoms with Crippen molar-refractivity contribution in [1.82, 2.24) is 15.0 Å². The van der Waals surface area contributed by atoms with E-state index in [4.69, 9.17) is 23.8 Å². The summed E-state index contributed by atoms with van der Waals surface area (Å²) in [4.78, 5) is 15.2. The van der Waals surface area contributed by atoms with E-state index in [1.54, 1.807) is 0 Å². The van der Waals surface area contributed by atoms with Crippen molar-refractivity contribution in [3.8, 4) is 56.4 Å². The molecule has 7 aromatic carbocycles. The highest BCUT2D eigenvalue weighted by atomic mass is 16.3. The highest BCUT2D eigenvalue weighted by molar-refractivity contribution is 6.11. The predicted molar refractivity (Wildman–Crippen MR) is 214 cm³/mol. The molecule has 0 fully saturated rings. The van der Waals surface area contributed by atoms with Crippen LogP contribution in [0, 0.1) is 0 Å². The number of furan rings is 2. The van der Waals surface area contributed by atoms with Gasteiger partial charge in [0, 0.05) is 49.2 Å². The quantitative estimate of drug-likeness (QED) is 0.185. The molecule has 5 nitrogen and oxygen atoms in total. The standard InChI is InChI=1S/C48H31N3O2/c1-48(2)39-17-8-6-13-33(39)34-22-20-30(25-40(34)48)46-49-45(28-11-4-3-5-12-28)50-47(51-46)31-21-24-37-36-23-19-29(26-42(36)52-43(37)27-31)32-15-10-16-38-35-14-7-9-18-41(35)53-44(32)38/h3-27H,1-2H3. The van der Waals surface area contributed by atoms with Crippen LogP contribution in [0.4, 0.5) is 0 Å². The van der Waals surface area contributed by atoms with Crippen LogP contribution in [0.3, 0.4) is 0 Å². The average Bonchev–Trinajstić information content (AvgIpc) is 3.85. The lowest BCUT2D eigenvalue weighted by Gasteiger charge is -2.21. The van der Waals surface area contributed by atoms with Crippen molar-refractivity contribution in [3.05, 3.63) is 163 Å². The summed E-state index contributed by atoms with van der Waals surface area (Å²) in [5.41, 5.74) is 13.2. The van der Waals surface area contributed by atoms with Gasteiger partial charge in [0.25, 0.3) is 0 Å². The fourth-order valence-electron chi connectivity index (χ4n) is 8.25. The second kappa shape index (κ2) is 11.1. The van der Waals surface area contributed by atoms with Gasteiger partial charge in [0.15, 0.2) is 17.5 Å². The molecular weight excluding hydrogens is 651 g/mol. The zero-order chi connectivity index (χ0) is 35.3. The van der Waals surface area contributed by atoms with Crippen LogP contribution < -0.4 is 0 Å². The summed E-state index contributed by atoms with van der Waals surface area (Å²) < 4.78 is 12.9. The van der Waals surface area contributed by atoms with E-state index in [-0.39, 0.29) is 5.41 Å². The molecule has 0 amide bonds. The number of nitrogens with zero attached hydrogens (tertiary/aromatic N) is 3. The SMILES string of the molecule is CC1(C)c2ccccc2-c2ccc(-c3nc(-c4ccccc4)nc(-c4ccc5c(c4)oc4cc(-c6cccc7c6oc6ccccc67)ccc45)n3)cc21. The van der Waals surface area contributed by atoms with Crippen LogP contribution in [0.1, 0.15) is 25.0 Å². The minimum atomic E-state index is -0.134. The Hall–Kier alpha value is -6.85. The zero-order valence-electron chi connectivity index (χ0n) is 29.1. The second-order valence-corrected chi connectivity index (χ2v) is 14.4. The van der Waals surface area contributed by atoms with Crippen molar-refractivity contribution in [2.45, 2.75) is 19.3 Å². The van der Waals surface area contributed by atoms with Crippen molar-refractivity contribution in [1.29, 1.82) is 0 Å². The Morgan fingerprint density at radius 3 is 1.75 bits per heavy atom. The number of para-hydroxylation sites is 2. The smallest absolute Gasteiger partial charge is 0.164 e. The molecule has 5 heteroatoms. The first-order chi connectivity index (χ1) is 26.0. The van der Waals surface area contributed by atoms with E-state index in [2.05, 4.69) is 111 Å². The average molecular weight is 682 g/mol. The molecule has 250 valence electrons. The van der Waals surface area contributed by atoms with E-state index in [9.17, 15) is 0 Å². The molecule has 0 bridgehead atoms. The number of benzene rings is 7. The van der Waals surface area contributed by atoms with E-state index in [0.29, 0.717) is 17.5 Å². The molecule has 0 spiro atoms. The minimum absolute atomic E-state index is 0.134. The van der Waals surface area contributed by atoms with E-state index in [0.717, 1.165) is 71.7 Å². The summed E-state index contributed by atoms with van der Waals surface area (Å²) in [5.74, 6) is 1.86. The van der Waals surface area contributed by atoms with E-state index in [1.807, 2.05) is 54.6 Å². The van der Waals surface area contributed by atoms with Crippen LogP contribution in [-0.2, 0) is 5.41 Å². The summed E-state index contributed by atoms with van der Waals surface area (Å²) >= 11 is 0. The van der Waals surface area contributed by atoms with Gasteiger partial charge in [0.05, 0.1) is 0 Å². The van der Waals surface area contributed by atoms with Crippen molar-refractivity contribution < 1.29 is 8.83 Å². The zero-order valence-corrected chi connectivity index (χ0v) is 29.1. The maximum atomic E-state index is 6.58. The Bertz CT molecular complexity index is 3100. The maximum Gasteiger partial charge on any atom is 0.164 e. The summed E-state index contributed by atoms with van der Waals surface area (Å²) in [6.07, 6.45) is 0. The van der Waals surface area contributed by atoms with Gasteiger partial charge in [-0.25, -0.2) is 15.0 Å². The molecule has 0 atom stereocenters. The second-order valence-electron chi connectivity index (χ2n) is 14.4. The first kappa shape index (κ1) is 29.8. The lowest BCUT2D eigenvalue weighted by Crippen LogP contribution is -2.15. The van der Waals surface area contributed by atoms with Crippen LogP contribution in [0.15, 0.2) is 160 Å². The van der Waals surface area contributed by atoms with Crippen LogP contribution >= 0.6 is 0 Å². The van der Waals surface area contributed by atoms with Crippen molar-refractivity contribution in [2.75, 3.05) is 0 Å². The molecule has 0 aliphatic heterocycles. The van der Waals surface area contributed by atoms with E-state index < -0.39 is 0 Å². The molecule has 0 radical (unpaired) electrons. The van der Waals surface area contributed by atoms with Crippen LogP contribution in [0.25, 0.3) is 100 Å². The van der Waals surface area contributed by atoms with Gasteiger partial charge in [-0.1, -0.05) is 129 Å². The summed E-state index contributed by atoms with van der Waals surface area (Å²) in [5, 5.41) is 4.31. The fourth-order valence-corrected chi connectivity index (χ4v) is 8.25. The van der Waals surface area contributed by atoms with Gasteiger partial charge in [-0.05, 0) is 64.2 Å². The first-order valence-corrected chi connectivity index (χ1v) is 17.9. The molecule has 0 saturated carbocycles. The van der Waals surface area contributed by atoms with Gasteiger partial charge < -0.3 is 8.83 Å². The number of hydrogen-bond acceptors (Lipinski definition) is 5. The lowest BCUT2D eigenvalue weighted by molar-refractivity contribution is 0.660. The van der Waals surface area contributed by atoms with E-state index >= 15 is 0 Å². The molecular formula is C48H31N3O2. The van der Waals surface area contributed by atoms with Gasteiger partial charge in [-0.2, -0.15) is 0 Å². The maximum absolute atomic E-state index is 6.58. The molecule has 1 aliphatic carbocycles. The monoisotopic (exact) mass is 681 g/mol. The Labute approximate surface area is 305 Å². The van der Waals surface area contributed by atoms with Gasteiger partial charge in [-0.15, -0.1) is 0 Å². The third-order valence-corrected chi connectivity index (χ3v) is 11.0. The largest absolute Gasteiger partial charge is 0.456 e. The third-order valence-electron chi connectivity index (χ3n) is 11.0. The predicted octanol–water partition coefficient (Wildman–Crippen LogP) is 12.6.